The molecule has 112 valence electrons. The topological polar surface area (TPSA) is 77.9 Å². The molecule has 0 spiro atoms. The summed E-state index contributed by atoms with van der Waals surface area (Å²) in [6.07, 6.45) is 2.19. The van der Waals surface area contributed by atoms with E-state index in [1.807, 2.05) is 19.9 Å². The lowest BCUT2D eigenvalue weighted by molar-refractivity contribution is 0.148. The highest BCUT2D eigenvalue weighted by Crippen LogP contribution is 2.27. The van der Waals surface area contributed by atoms with Gasteiger partial charge < -0.3 is 10.0 Å². The Kier molecular flexibility index (Phi) is 3.63. The first-order valence-corrected chi connectivity index (χ1v) is 7.27. The molecular weight excluding hydrogens is 266 g/mol. The minimum absolute atomic E-state index is 0.175. The number of rotatable bonds is 3. The van der Waals surface area contributed by atoms with Crippen molar-refractivity contribution < 1.29 is 5.11 Å². The second kappa shape index (κ2) is 5.44. The van der Waals surface area contributed by atoms with Crippen LogP contribution in [0.4, 0.5) is 5.82 Å². The predicted octanol–water partition coefficient (Wildman–Crippen LogP) is 1.16. The molecular formula is C15H21N5O. The molecule has 6 heteroatoms. The summed E-state index contributed by atoms with van der Waals surface area (Å²) in [6.45, 7) is 7.46. The molecule has 1 saturated heterocycles. The van der Waals surface area contributed by atoms with Crippen molar-refractivity contribution in [3.05, 3.63) is 34.8 Å². The Morgan fingerprint density at radius 3 is 2.86 bits per heavy atom. The zero-order valence-corrected chi connectivity index (χ0v) is 12.7. The maximum atomic E-state index is 10.3. The van der Waals surface area contributed by atoms with Crippen molar-refractivity contribution in [2.45, 2.75) is 33.3 Å². The summed E-state index contributed by atoms with van der Waals surface area (Å²) in [4.78, 5) is 2.13. The first kappa shape index (κ1) is 14.0. The van der Waals surface area contributed by atoms with Gasteiger partial charge in [-0.25, -0.2) is 0 Å². The zero-order valence-electron chi connectivity index (χ0n) is 12.7. The Labute approximate surface area is 124 Å². The lowest BCUT2D eigenvalue weighted by atomic mass is 10.0. The number of hydrogen-bond acceptors (Lipinski definition) is 5. The van der Waals surface area contributed by atoms with Crippen LogP contribution in [0.5, 0.6) is 0 Å². The second-order valence-electron chi connectivity index (χ2n) is 5.96. The van der Waals surface area contributed by atoms with Crippen molar-refractivity contribution in [2.24, 2.45) is 5.92 Å². The summed E-state index contributed by atoms with van der Waals surface area (Å²) in [5, 5.41) is 25.8. The van der Waals surface area contributed by atoms with E-state index in [1.54, 1.807) is 6.20 Å². The molecule has 3 rings (SSSR count). The van der Waals surface area contributed by atoms with E-state index in [0.717, 1.165) is 41.3 Å². The lowest BCUT2D eigenvalue weighted by Crippen LogP contribution is -2.23. The number of aliphatic hydroxyl groups is 1. The average Bonchev–Trinajstić information content (AvgIpc) is 3.00. The molecule has 2 atom stereocenters. The number of nitrogens with one attached hydrogen (secondary N) is 1. The molecule has 0 bridgehead atoms. The smallest absolute Gasteiger partial charge is 0.154 e. The van der Waals surface area contributed by atoms with Crippen molar-refractivity contribution >= 4 is 5.82 Å². The fourth-order valence-electron chi connectivity index (χ4n) is 2.89. The summed E-state index contributed by atoms with van der Waals surface area (Å²) in [5.41, 5.74) is 4.31. The molecule has 2 aromatic rings. The van der Waals surface area contributed by atoms with E-state index in [4.69, 9.17) is 0 Å². The van der Waals surface area contributed by atoms with E-state index < -0.39 is 0 Å². The van der Waals surface area contributed by atoms with Gasteiger partial charge in [-0.05, 0) is 44.4 Å². The first-order valence-electron chi connectivity index (χ1n) is 7.27. The largest absolute Gasteiger partial charge is 0.391 e. The van der Waals surface area contributed by atoms with Gasteiger partial charge in [0.2, 0.25) is 0 Å². The predicted molar refractivity (Wildman–Crippen MR) is 80.2 cm³/mol. The minimum Gasteiger partial charge on any atom is -0.391 e. The van der Waals surface area contributed by atoms with E-state index in [2.05, 4.69) is 32.2 Å². The van der Waals surface area contributed by atoms with Crippen molar-refractivity contribution in [1.29, 1.82) is 0 Å². The summed E-state index contributed by atoms with van der Waals surface area (Å²) in [6, 6.07) is 2.03. The van der Waals surface area contributed by atoms with E-state index in [1.165, 1.54) is 0 Å². The Hall–Kier alpha value is -1.95. The van der Waals surface area contributed by atoms with Gasteiger partial charge in [0.1, 0.15) is 0 Å². The molecule has 0 amide bonds. The molecule has 1 aliphatic rings. The normalized spacial score (nSPS) is 22.0. The van der Waals surface area contributed by atoms with Gasteiger partial charge in [0, 0.05) is 24.7 Å². The van der Waals surface area contributed by atoms with Gasteiger partial charge in [0.05, 0.1) is 18.0 Å². The monoisotopic (exact) mass is 287 g/mol. The number of anilines is 1. The number of aryl methyl sites for hydroxylation is 2. The molecule has 0 radical (unpaired) electrons. The van der Waals surface area contributed by atoms with Crippen molar-refractivity contribution in [2.75, 3.05) is 18.0 Å². The van der Waals surface area contributed by atoms with Crippen molar-refractivity contribution in [3.63, 3.8) is 0 Å². The van der Waals surface area contributed by atoms with Crippen LogP contribution in [0, 0.1) is 26.7 Å². The van der Waals surface area contributed by atoms with Crippen LogP contribution in [0.2, 0.25) is 0 Å². The number of aliphatic hydroxyl groups excluding tert-OH is 1. The third-order valence-electron chi connectivity index (χ3n) is 4.27. The first-order chi connectivity index (χ1) is 10.0. The van der Waals surface area contributed by atoms with Crippen LogP contribution >= 0.6 is 0 Å². The SMILES string of the molecule is Cc1cc(C[C@@H]2CN(c3nncc(C)c3C)C[C@@H]2O)n[nH]1. The second-order valence-corrected chi connectivity index (χ2v) is 5.96. The fraction of sp³-hybridized carbons (Fsp3) is 0.533. The Morgan fingerprint density at radius 1 is 1.33 bits per heavy atom. The summed E-state index contributed by atoms with van der Waals surface area (Å²) < 4.78 is 0. The Bertz CT molecular complexity index is 639. The minimum atomic E-state index is -0.358. The molecule has 6 nitrogen and oxygen atoms in total. The average molecular weight is 287 g/mol. The molecule has 2 N–H and O–H groups in total. The summed E-state index contributed by atoms with van der Waals surface area (Å²) in [7, 11) is 0. The fourth-order valence-corrected chi connectivity index (χ4v) is 2.89. The molecule has 0 unspecified atom stereocenters. The number of H-pyrrole nitrogens is 1. The maximum absolute atomic E-state index is 10.3. The third kappa shape index (κ3) is 2.76. The highest BCUT2D eigenvalue weighted by Gasteiger charge is 2.33. The van der Waals surface area contributed by atoms with Gasteiger partial charge in [-0.15, -0.1) is 5.10 Å². The van der Waals surface area contributed by atoms with Gasteiger partial charge in [-0.1, -0.05) is 0 Å². The van der Waals surface area contributed by atoms with Crippen molar-refractivity contribution in [1.82, 2.24) is 20.4 Å². The quantitative estimate of drug-likeness (QED) is 0.886. The summed E-state index contributed by atoms with van der Waals surface area (Å²) in [5.74, 6) is 1.06. The highest BCUT2D eigenvalue weighted by molar-refractivity contribution is 5.49. The number of aromatic amines is 1. The highest BCUT2D eigenvalue weighted by atomic mass is 16.3. The van der Waals surface area contributed by atoms with Crippen LogP contribution in [0.3, 0.4) is 0 Å². The number of nitrogens with zero attached hydrogens (tertiary/aromatic N) is 4. The van der Waals surface area contributed by atoms with Crippen LogP contribution < -0.4 is 4.90 Å². The van der Waals surface area contributed by atoms with Crippen LogP contribution in [0.1, 0.15) is 22.5 Å². The van der Waals surface area contributed by atoms with E-state index in [0.29, 0.717) is 6.54 Å². The maximum Gasteiger partial charge on any atom is 0.154 e. The molecule has 3 heterocycles. The Morgan fingerprint density at radius 2 is 2.14 bits per heavy atom. The molecule has 21 heavy (non-hydrogen) atoms. The molecule has 1 aliphatic heterocycles. The molecule has 0 aromatic carbocycles. The van der Waals surface area contributed by atoms with Gasteiger partial charge in [-0.3, -0.25) is 5.10 Å². The standard InChI is InChI=1S/C15H21N5O/c1-9-6-16-19-15(11(9)3)20-7-12(14(21)8-20)5-13-4-10(2)17-18-13/h4,6,12,14,21H,5,7-8H2,1-3H3,(H,17,18)/t12-,14+/m1/s1. The van der Waals surface area contributed by atoms with Crippen molar-refractivity contribution in [3.8, 4) is 0 Å². The number of aromatic nitrogens is 4. The zero-order chi connectivity index (χ0) is 15.0. The third-order valence-corrected chi connectivity index (χ3v) is 4.27. The van der Waals surface area contributed by atoms with Crippen LogP contribution in [-0.4, -0.2) is 44.7 Å². The molecule has 0 aliphatic carbocycles. The molecule has 2 aromatic heterocycles. The van der Waals surface area contributed by atoms with Crippen LogP contribution in [0.25, 0.3) is 0 Å². The van der Waals surface area contributed by atoms with Gasteiger partial charge in [0.25, 0.3) is 0 Å². The number of β-amino-alcohol motifs (C(OH)–C–C–N with tert-alkyl or cyclic N) is 1. The van der Waals surface area contributed by atoms with Crippen LogP contribution in [-0.2, 0) is 6.42 Å². The van der Waals surface area contributed by atoms with E-state index >= 15 is 0 Å². The molecule has 1 fully saturated rings. The number of hydrogen-bond donors (Lipinski definition) is 2. The van der Waals surface area contributed by atoms with E-state index in [9.17, 15) is 5.11 Å². The molecule has 0 saturated carbocycles. The Balaban J connectivity index is 1.75. The van der Waals surface area contributed by atoms with E-state index in [-0.39, 0.29) is 12.0 Å². The van der Waals surface area contributed by atoms with Gasteiger partial charge in [-0.2, -0.15) is 10.2 Å². The summed E-state index contributed by atoms with van der Waals surface area (Å²) >= 11 is 0. The lowest BCUT2D eigenvalue weighted by Gasteiger charge is -2.19. The van der Waals surface area contributed by atoms with Gasteiger partial charge >= 0.3 is 0 Å². The van der Waals surface area contributed by atoms with Crippen LogP contribution in [0.15, 0.2) is 12.3 Å². The van der Waals surface area contributed by atoms with Gasteiger partial charge in [0.15, 0.2) is 5.82 Å².